The lowest BCUT2D eigenvalue weighted by molar-refractivity contribution is 0.0696. The predicted octanol–water partition coefficient (Wildman–Crippen LogP) is 3.01. The van der Waals surface area contributed by atoms with Crippen molar-refractivity contribution < 1.29 is 9.90 Å². The molecule has 1 aliphatic carbocycles. The number of carboxylic acid groups (broad SMARTS) is 1. The number of aromatic carboxylic acids is 1. The molecule has 4 nitrogen and oxygen atoms in total. The van der Waals surface area contributed by atoms with E-state index >= 15 is 0 Å². The Labute approximate surface area is 127 Å². The van der Waals surface area contributed by atoms with Gasteiger partial charge in [-0.2, -0.15) is 0 Å². The van der Waals surface area contributed by atoms with Crippen LogP contribution in [-0.4, -0.2) is 15.6 Å². The molecule has 1 heterocycles. The number of benzene rings is 2. The van der Waals surface area contributed by atoms with Crippen LogP contribution in [0.2, 0.25) is 0 Å². The van der Waals surface area contributed by atoms with Gasteiger partial charge in [0.05, 0.1) is 5.56 Å². The molecule has 3 rings (SSSR count). The Morgan fingerprint density at radius 1 is 1.14 bits per heavy atom. The van der Waals surface area contributed by atoms with Gasteiger partial charge in [-0.25, -0.2) is 4.79 Å². The van der Waals surface area contributed by atoms with E-state index in [1.54, 1.807) is 13.0 Å². The van der Waals surface area contributed by atoms with Gasteiger partial charge in [-0.05, 0) is 36.2 Å². The molecule has 0 fully saturated rings. The number of carboxylic acids is 1. The molecule has 22 heavy (non-hydrogen) atoms. The molecular formula is C18H15NO3. The van der Waals surface area contributed by atoms with Gasteiger partial charge < -0.3 is 9.67 Å². The molecule has 2 aliphatic rings. The second-order valence-electron chi connectivity index (χ2n) is 5.26. The summed E-state index contributed by atoms with van der Waals surface area (Å²) in [7, 11) is 0. The summed E-state index contributed by atoms with van der Waals surface area (Å²) in [6.07, 6.45) is 1.89. The predicted molar refractivity (Wildman–Crippen MR) is 84.6 cm³/mol. The molecule has 0 saturated heterocycles. The average molecular weight is 293 g/mol. The van der Waals surface area contributed by atoms with Crippen LogP contribution in [0.5, 0.6) is 0 Å². The molecular weight excluding hydrogens is 278 g/mol. The summed E-state index contributed by atoms with van der Waals surface area (Å²) in [5.74, 6) is -1.02. The topological polar surface area (TPSA) is 59.3 Å². The van der Waals surface area contributed by atoms with Crippen LogP contribution in [0.25, 0.3) is 11.1 Å². The number of nitrogens with zero attached hydrogens (tertiary/aromatic N) is 1. The zero-order valence-corrected chi connectivity index (χ0v) is 12.1. The Morgan fingerprint density at radius 3 is 2.55 bits per heavy atom. The summed E-state index contributed by atoms with van der Waals surface area (Å²) in [4.78, 5) is 23.2. The Morgan fingerprint density at radius 2 is 1.86 bits per heavy atom. The van der Waals surface area contributed by atoms with Gasteiger partial charge in [0, 0.05) is 24.0 Å². The van der Waals surface area contributed by atoms with Crippen LogP contribution in [0, 0.1) is 6.92 Å². The van der Waals surface area contributed by atoms with E-state index in [1.807, 2.05) is 41.1 Å². The van der Waals surface area contributed by atoms with Gasteiger partial charge in [0.1, 0.15) is 0 Å². The highest BCUT2D eigenvalue weighted by Gasteiger charge is 2.19. The summed E-state index contributed by atoms with van der Waals surface area (Å²) in [6, 6.07) is 14.4. The average Bonchev–Trinajstić information content (AvgIpc) is 2.49. The van der Waals surface area contributed by atoms with Crippen molar-refractivity contribution in [2.75, 3.05) is 0 Å². The molecule has 0 atom stereocenters. The first-order chi connectivity index (χ1) is 10.6. The van der Waals surface area contributed by atoms with Crippen LogP contribution in [0.4, 0.5) is 0 Å². The number of fused-ring (bicyclic) bond motifs is 1. The van der Waals surface area contributed by atoms with E-state index in [4.69, 9.17) is 0 Å². The van der Waals surface area contributed by atoms with E-state index in [0.29, 0.717) is 17.8 Å². The Kier molecular flexibility index (Phi) is 3.51. The molecule has 0 spiro atoms. The lowest BCUT2D eigenvalue weighted by atomic mass is 9.97. The highest BCUT2D eigenvalue weighted by molar-refractivity contribution is 5.97. The van der Waals surface area contributed by atoms with Crippen molar-refractivity contribution in [1.29, 1.82) is 0 Å². The van der Waals surface area contributed by atoms with Crippen molar-refractivity contribution in [3.8, 4) is 11.1 Å². The van der Waals surface area contributed by atoms with Crippen molar-refractivity contribution in [1.82, 2.24) is 4.57 Å². The standard InChI is InChI=1S/C18H15NO3/c1-12-17(18(21)22)16-9-15(20)8-7-14(16)11-19(12)10-13-5-3-2-4-6-13/h2-9,11H,10H2,1H3,(H,21,22). The molecule has 1 aliphatic heterocycles. The normalized spacial score (nSPS) is 10.8. The second-order valence-corrected chi connectivity index (χ2v) is 5.26. The number of hydrogen-bond donors (Lipinski definition) is 1. The summed E-state index contributed by atoms with van der Waals surface area (Å²) in [6.45, 7) is 2.35. The number of carbonyl (C=O) groups is 1. The highest BCUT2D eigenvalue weighted by atomic mass is 16.4. The number of aromatic nitrogens is 1. The lowest BCUT2D eigenvalue weighted by Crippen LogP contribution is -2.15. The monoisotopic (exact) mass is 293 g/mol. The van der Waals surface area contributed by atoms with Gasteiger partial charge in [-0.15, -0.1) is 0 Å². The molecule has 0 amide bonds. The van der Waals surface area contributed by atoms with E-state index in [9.17, 15) is 14.7 Å². The van der Waals surface area contributed by atoms with Crippen LogP contribution in [0.1, 0.15) is 21.6 Å². The molecule has 1 N–H and O–H groups in total. The van der Waals surface area contributed by atoms with E-state index in [2.05, 4.69) is 0 Å². The SMILES string of the molecule is Cc1c(C(=O)O)c2cc(=O)ccc-2cn1Cc1ccccc1. The molecule has 0 radical (unpaired) electrons. The summed E-state index contributed by atoms with van der Waals surface area (Å²) < 4.78 is 1.91. The number of rotatable bonds is 3. The fourth-order valence-electron chi connectivity index (χ4n) is 2.68. The highest BCUT2D eigenvalue weighted by Crippen LogP contribution is 2.27. The van der Waals surface area contributed by atoms with Crippen molar-refractivity contribution >= 4 is 5.97 Å². The first-order valence-corrected chi connectivity index (χ1v) is 6.97. The zero-order chi connectivity index (χ0) is 15.7. The molecule has 0 saturated carbocycles. The Bertz CT molecular complexity index is 865. The lowest BCUT2D eigenvalue weighted by Gasteiger charge is -2.19. The molecule has 0 bridgehead atoms. The quantitative estimate of drug-likeness (QED) is 0.807. The van der Waals surface area contributed by atoms with E-state index < -0.39 is 5.97 Å². The first-order valence-electron chi connectivity index (χ1n) is 6.97. The molecule has 1 aromatic rings. The van der Waals surface area contributed by atoms with Crippen molar-refractivity contribution in [2.45, 2.75) is 13.5 Å². The maximum atomic E-state index is 11.6. The summed E-state index contributed by atoms with van der Waals surface area (Å²) in [5.41, 5.74) is 2.96. The Balaban J connectivity index is 2.22. The fourth-order valence-corrected chi connectivity index (χ4v) is 2.68. The molecule has 1 aromatic carbocycles. The third-order valence-corrected chi connectivity index (χ3v) is 3.79. The third kappa shape index (κ3) is 2.51. The van der Waals surface area contributed by atoms with Gasteiger partial charge in [0.25, 0.3) is 0 Å². The van der Waals surface area contributed by atoms with Gasteiger partial charge in [-0.3, -0.25) is 4.79 Å². The summed E-state index contributed by atoms with van der Waals surface area (Å²) >= 11 is 0. The van der Waals surface area contributed by atoms with Gasteiger partial charge >= 0.3 is 5.97 Å². The third-order valence-electron chi connectivity index (χ3n) is 3.79. The minimum Gasteiger partial charge on any atom is -0.478 e. The number of hydrogen-bond acceptors (Lipinski definition) is 2. The smallest absolute Gasteiger partial charge is 0.338 e. The largest absolute Gasteiger partial charge is 0.478 e. The minimum atomic E-state index is -1.02. The van der Waals surface area contributed by atoms with Crippen molar-refractivity contribution in [2.24, 2.45) is 0 Å². The van der Waals surface area contributed by atoms with Crippen LogP contribution in [0.15, 0.2) is 59.5 Å². The fraction of sp³-hybridized carbons (Fsp3) is 0.111. The van der Waals surface area contributed by atoms with Gasteiger partial charge in [-0.1, -0.05) is 30.3 Å². The molecule has 4 heteroatoms. The minimum absolute atomic E-state index is 0.185. The van der Waals surface area contributed by atoms with Crippen molar-refractivity contribution in [3.63, 3.8) is 0 Å². The zero-order valence-electron chi connectivity index (χ0n) is 12.1. The van der Waals surface area contributed by atoms with Crippen molar-refractivity contribution in [3.05, 3.63) is 81.8 Å². The molecule has 110 valence electrons. The van der Waals surface area contributed by atoms with Gasteiger partial charge in [0.2, 0.25) is 0 Å². The van der Waals surface area contributed by atoms with Gasteiger partial charge in [0.15, 0.2) is 5.43 Å². The Hall–Kier alpha value is -2.88. The van der Waals surface area contributed by atoms with Crippen LogP contribution in [0.3, 0.4) is 0 Å². The molecule has 0 unspecified atom stereocenters. The van der Waals surface area contributed by atoms with E-state index in [0.717, 1.165) is 11.1 Å². The van der Waals surface area contributed by atoms with Crippen LogP contribution < -0.4 is 5.43 Å². The molecule has 0 aromatic heterocycles. The van der Waals surface area contributed by atoms with E-state index in [1.165, 1.54) is 12.1 Å². The van der Waals surface area contributed by atoms with Crippen LogP contribution >= 0.6 is 0 Å². The van der Waals surface area contributed by atoms with Crippen LogP contribution in [-0.2, 0) is 6.54 Å². The first kappa shape index (κ1) is 14.1. The summed E-state index contributed by atoms with van der Waals surface area (Å²) in [5, 5.41) is 9.53. The maximum Gasteiger partial charge on any atom is 0.338 e. The number of pyridine rings is 1. The maximum absolute atomic E-state index is 11.6. The second kappa shape index (κ2) is 5.48. The van der Waals surface area contributed by atoms with E-state index in [-0.39, 0.29) is 11.0 Å².